The normalized spacial score (nSPS) is 34.5. The highest BCUT2D eigenvalue weighted by Crippen LogP contribution is 2.54. The van der Waals surface area contributed by atoms with E-state index in [1.807, 2.05) is 4.90 Å². The molecule has 2 atom stereocenters. The molecule has 2 aliphatic heterocycles. The van der Waals surface area contributed by atoms with Gasteiger partial charge in [-0.1, -0.05) is 0 Å². The number of carbonyl (C=O) groups excluding carboxylic acids is 1. The van der Waals surface area contributed by atoms with E-state index in [-0.39, 0.29) is 24.0 Å². The highest BCUT2D eigenvalue weighted by atomic mass is 35.5. The summed E-state index contributed by atoms with van der Waals surface area (Å²) in [5, 5.41) is 0. The molecule has 4 nitrogen and oxygen atoms in total. The van der Waals surface area contributed by atoms with E-state index < -0.39 is 4.33 Å². The monoisotopic (exact) mass is 307 g/mol. The zero-order valence-electron chi connectivity index (χ0n) is 10.8. The van der Waals surface area contributed by atoms with Crippen molar-refractivity contribution in [3.05, 3.63) is 0 Å². The summed E-state index contributed by atoms with van der Waals surface area (Å²) in [6.07, 6.45) is 3.87. The van der Waals surface area contributed by atoms with Crippen LogP contribution in [-0.4, -0.2) is 53.7 Å². The molecule has 0 spiro atoms. The molecule has 1 saturated carbocycles. The van der Waals surface area contributed by atoms with E-state index in [4.69, 9.17) is 32.7 Å². The van der Waals surface area contributed by atoms with E-state index in [2.05, 4.69) is 0 Å². The molecule has 19 heavy (non-hydrogen) atoms. The first-order valence-electron chi connectivity index (χ1n) is 6.96. The molecule has 0 N–H and O–H groups in total. The Morgan fingerprint density at radius 1 is 1.21 bits per heavy atom. The summed E-state index contributed by atoms with van der Waals surface area (Å²) in [5.41, 5.74) is 0. The Hall–Kier alpha value is -0.0300. The van der Waals surface area contributed by atoms with Gasteiger partial charge in [-0.15, -0.1) is 23.2 Å². The Balaban J connectivity index is 1.43. The van der Waals surface area contributed by atoms with Crippen LogP contribution in [0.2, 0.25) is 0 Å². The predicted molar refractivity (Wildman–Crippen MR) is 72.5 cm³/mol. The van der Waals surface area contributed by atoms with Gasteiger partial charge in [-0.3, -0.25) is 4.79 Å². The lowest BCUT2D eigenvalue weighted by Gasteiger charge is -2.33. The first kappa shape index (κ1) is 13.9. The van der Waals surface area contributed by atoms with Crippen LogP contribution in [-0.2, 0) is 14.3 Å². The number of halogens is 2. The largest absolute Gasteiger partial charge is 0.379 e. The molecule has 0 aromatic rings. The second-order valence-corrected chi connectivity index (χ2v) is 7.21. The van der Waals surface area contributed by atoms with E-state index in [0.717, 1.165) is 39.0 Å². The number of carbonyl (C=O) groups is 1. The van der Waals surface area contributed by atoms with Crippen LogP contribution in [0.5, 0.6) is 0 Å². The number of amides is 1. The highest BCUT2D eigenvalue weighted by molar-refractivity contribution is 6.52. The van der Waals surface area contributed by atoms with Gasteiger partial charge in [0, 0.05) is 19.7 Å². The highest BCUT2D eigenvalue weighted by Gasteiger charge is 2.57. The van der Waals surface area contributed by atoms with Gasteiger partial charge < -0.3 is 14.4 Å². The quantitative estimate of drug-likeness (QED) is 0.748. The molecule has 1 amide bonds. The van der Waals surface area contributed by atoms with Crippen molar-refractivity contribution in [2.24, 2.45) is 5.92 Å². The first-order chi connectivity index (χ1) is 9.06. The molecule has 1 aliphatic carbocycles. The van der Waals surface area contributed by atoms with E-state index in [0.29, 0.717) is 13.0 Å². The van der Waals surface area contributed by atoms with Gasteiger partial charge in [-0.05, 0) is 25.7 Å². The molecule has 0 aromatic heterocycles. The van der Waals surface area contributed by atoms with Crippen molar-refractivity contribution in [2.45, 2.75) is 42.2 Å². The fourth-order valence-electron chi connectivity index (χ4n) is 2.81. The van der Waals surface area contributed by atoms with Crippen molar-refractivity contribution in [2.75, 3.05) is 26.3 Å². The lowest BCUT2D eigenvalue weighted by molar-refractivity contribution is -0.136. The van der Waals surface area contributed by atoms with Gasteiger partial charge in [0.15, 0.2) is 0 Å². The number of alkyl halides is 2. The van der Waals surface area contributed by atoms with Crippen molar-refractivity contribution in [3.8, 4) is 0 Å². The second kappa shape index (κ2) is 5.40. The van der Waals surface area contributed by atoms with Crippen LogP contribution in [0.4, 0.5) is 0 Å². The van der Waals surface area contributed by atoms with Crippen LogP contribution in [0.25, 0.3) is 0 Å². The summed E-state index contributed by atoms with van der Waals surface area (Å²) < 4.78 is 10.5. The fourth-order valence-corrected chi connectivity index (χ4v) is 3.30. The van der Waals surface area contributed by atoms with Gasteiger partial charge in [-0.2, -0.15) is 0 Å². The van der Waals surface area contributed by atoms with Crippen LogP contribution in [0.3, 0.4) is 0 Å². The fraction of sp³-hybridized carbons (Fsp3) is 0.923. The van der Waals surface area contributed by atoms with Gasteiger partial charge in [0.05, 0.1) is 24.7 Å². The summed E-state index contributed by atoms with van der Waals surface area (Å²) in [7, 11) is 0. The van der Waals surface area contributed by atoms with Crippen LogP contribution in [0.15, 0.2) is 0 Å². The molecule has 0 radical (unpaired) electrons. The smallest absolute Gasteiger partial charge is 0.228 e. The molecule has 108 valence electrons. The summed E-state index contributed by atoms with van der Waals surface area (Å²) in [4.78, 5) is 14.0. The lowest BCUT2D eigenvalue weighted by Crippen LogP contribution is -2.43. The number of hydrogen-bond acceptors (Lipinski definition) is 3. The molecular weight excluding hydrogens is 289 g/mol. The summed E-state index contributed by atoms with van der Waals surface area (Å²) in [6.45, 7) is 3.01. The Morgan fingerprint density at radius 3 is 2.42 bits per heavy atom. The summed E-state index contributed by atoms with van der Waals surface area (Å²) >= 11 is 11.9. The Kier molecular flexibility index (Phi) is 3.96. The van der Waals surface area contributed by atoms with E-state index in [9.17, 15) is 4.79 Å². The molecule has 6 heteroatoms. The third-order valence-electron chi connectivity index (χ3n) is 4.15. The minimum Gasteiger partial charge on any atom is -0.379 e. The molecule has 2 heterocycles. The zero-order valence-corrected chi connectivity index (χ0v) is 12.3. The van der Waals surface area contributed by atoms with Crippen molar-refractivity contribution >= 4 is 29.1 Å². The van der Waals surface area contributed by atoms with Crippen LogP contribution in [0, 0.1) is 5.92 Å². The molecule has 2 saturated heterocycles. The van der Waals surface area contributed by atoms with Crippen LogP contribution in [0.1, 0.15) is 25.7 Å². The van der Waals surface area contributed by atoms with Crippen molar-refractivity contribution in [3.63, 3.8) is 0 Å². The predicted octanol–water partition coefficient (Wildman–Crippen LogP) is 1.98. The lowest BCUT2D eigenvalue weighted by atomic mass is 10.1. The second-order valence-electron chi connectivity index (χ2n) is 5.66. The van der Waals surface area contributed by atoms with Gasteiger partial charge in [-0.25, -0.2) is 0 Å². The maximum atomic E-state index is 12.1. The average Bonchev–Trinajstić information content (AvgIpc) is 2.79. The van der Waals surface area contributed by atoms with Gasteiger partial charge in [0.2, 0.25) is 5.91 Å². The minimum atomic E-state index is -0.814. The third-order valence-corrected chi connectivity index (χ3v) is 4.99. The van der Waals surface area contributed by atoms with E-state index in [1.165, 1.54) is 0 Å². The maximum absolute atomic E-state index is 12.1. The van der Waals surface area contributed by atoms with Crippen molar-refractivity contribution in [1.82, 2.24) is 4.90 Å². The van der Waals surface area contributed by atoms with Crippen molar-refractivity contribution in [1.29, 1.82) is 0 Å². The number of hydrogen-bond donors (Lipinski definition) is 0. The Labute approximate surface area is 123 Å². The van der Waals surface area contributed by atoms with Gasteiger partial charge >= 0.3 is 0 Å². The molecule has 0 bridgehead atoms. The first-order valence-corrected chi connectivity index (χ1v) is 7.71. The van der Waals surface area contributed by atoms with Gasteiger partial charge in [0.25, 0.3) is 0 Å². The molecule has 0 unspecified atom stereocenters. The number of ether oxygens (including phenoxy) is 2. The molecule has 3 rings (SSSR count). The van der Waals surface area contributed by atoms with E-state index in [1.54, 1.807) is 0 Å². The van der Waals surface area contributed by atoms with Gasteiger partial charge in [0.1, 0.15) is 4.33 Å². The zero-order chi connectivity index (χ0) is 13.5. The number of likely N-dealkylation sites (tertiary alicyclic amines) is 1. The number of rotatable bonds is 3. The molecule has 3 fully saturated rings. The molecular formula is C13H19Cl2NO3. The number of piperidine rings is 1. The van der Waals surface area contributed by atoms with Crippen LogP contribution >= 0.6 is 23.2 Å². The van der Waals surface area contributed by atoms with Crippen molar-refractivity contribution < 1.29 is 14.3 Å². The number of nitrogens with zero attached hydrogens (tertiary/aromatic N) is 1. The Bertz CT molecular complexity index is 350. The standard InChI is InChI=1S/C13H19Cl2NO3/c14-13(15)7-11(13)12(17)16-4-1-9(2-5-16)19-10-3-6-18-8-10/h9-11H,1-8H2/t10-,11+/m0/s1. The third kappa shape index (κ3) is 3.18. The molecule has 0 aromatic carbocycles. The average molecular weight is 308 g/mol. The molecule has 3 aliphatic rings. The minimum absolute atomic E-state index is 0.104. The topological polar surface area (TPSA) is 38.8 Å². The van der Waals surface area contributed by atoms with E-state index >= 15 is 0 Å². The van der Waals surface area contributed by atoms with Crippen LogP contribution < -0.4 is 0 Å². The summed E-state index contributed by atoms with van der Waals surface area (Å²) in [6, 6.07) is 0. The maximum Gasteiger partial charge on any atom is 0.228 e. The summed E-state index contributed by atoms with van der Waals surface area (Å²) in [5.74, 6) is -0.0933. The Morgan fingerprint density at radius 2 is 1.89 bits per heavy atom. The SMILES string of the molecule is O=C([C@H]1CC1(Cl)Cl)N1CCC(O[C@H]2CCOC2)CC1.